The highest BCUT2D eigenvalue weighted by Gasteiger charge is 2.47. The van der Waals surface area contributed by atoms with Crippen LogP contribution >= 0.6 is 11.6 Å². The van der Waals surface area contributed by atoms with Crippen LogP contribution in [0.2, 0.25) is 5.02 Å². The monoisotopic (exact) mass is 549 g/mol. The van der Waals surface area contributed by atoms with Gasteiger partial charge in [-0.2, -0.15) is 0 Å². The van der Waals surface area contributed by atoms with Gasteiger partial charge in [0.2, 0.25) is 23.6 Å². The lowest BCUT2D eigenvalue weighted by atomic mass is 9.83. The fourth-order valence-corrected chi connectivity index (χ4v) is 5.42. The fourth-order valence-electron chi connectivity index (χ4n) is 5.29. The lowest BCUT2D eigenvalue weighted by Gasteiger charge is -2.27. The van der Waals surface area contributed by atoms with Gasteiger partial charge in [-0.15, -0.1) is 0 Å². The smallest absolute Gasteiger partial charge is 0.244 e. The van der Waals surface area contributed by atoms with Crippen LogP contribution in [0.25, 0.3) is 6.08 Å². The molecule has 0 bridgehead atoms. The van der Waals surface area contributed by atoms with Crippen LogP contribution in [-0.4, -0.2) is 35.5 Å². The van der Waals surface area contributed by atoms with Crippen LogP contribution in [-0.2, 0) is 24.0 Å². The number of benzene rings is 2. The molecular weight excluding hydrogens is 518 g/mol. The molecule has 0 radical (unpaired) electrons. The maximum Gasteiger partial charge on any atom is 0.244 e. The molecule has 8 nitrogen and oxygen atoms in total. The van der Waals surface area contributed by atoms with E-state index in [0.29, 0.717) is 5.02 Å². The number of nitrogens with one attached hydrogen (secondary N) is 3. The summed E-state index contributed by atoms with van der Waals surface area (Å²) in [5.74, 6) is -4.34. The van der Waals surface area contributed by atoms with Gasteiger partial charge in [-0.05, 0) is 48.1 Å². The highest BCUT2D eigenvalue weighted by Crippen LogP contribution is 2.32. The van der Waals surface area contributed by atoms with Gasteiger partial charge in [-0.3, -0.25) is 29.3 Å². The van der Waals surface area contributed by atoms with E-state index in [9.17, 15) is 24.0 Å². The predicted octanol–water partition coefficient (Wildman–Crippen LogP) is 3.75. The second-order valence-corrected chi connectivity index (χ2v) is 10.6. The molecule has 2 aromatic carbocycles. The number of hydrogen-bond acceptors (Lipinski definition) is 5. The van der Waals surface area contributed by atoms with Gasteiger partial charge in [-0.25, -0.2) is 0 Å². The average Bonchev–Trinajstić information content (AvgIpc) is 3.54. The van der Waals surface area contributed by atoms with Crippen LogP contribution in [0.4, 0.5) is 0 Å². The van der Waals surface area contributed by atoms with Gasteiger partial charge >= 0.3 is 0 Å². The lowest BCUT2D eigenvalue weighted by Crippen LogP contribution is -2.50. The molecule has 0 unspecified atom stereocenters. The Hall–Kier alpha value is -3.78. The minimum Gasteiger partial charge on any atom is -0.346 e. The first-order valence-electron chi connectivity index (χ1n) is 13.2. The molecule has 4 amide bonds. The Morgan fingerprint density at radius 2 is 1.64 bits per heavy atom. The number of carbonyl (C=O) groups excluding carboxylic acids is 5. The van der Waals surface area contributed by atoms with Crippen molar-refractivity contribution in [2.75, 3.05) is 0 Å². The molecule has 1 saturated carbocycles. The summed E-state index contributed by atoms with van der Waals surface area (Å²) in [6.45, 7) is 1.55. The van der Waals surface area contributed by atoms with Crippen molar-refractivity contribution in [3.8, 4) is 0 Å². The molecule has 9 heteroatoms. The molecule has 0 spiro atoms. The van der Waals surface area contributed by atoms with E-state index < -0.39 is 47.4 Å². The lowest BCUT2D eigenvalue weighted by molar-refractivity contribution is -0.137. The van der Waals surface area contributed by atoms with E-state index in [4.69, 9.17) is 11.6 Å². The maximum atomic E-state index is 13.5. The van der Waals surface area contributed by atoms with E-state index in [1.54, 1.807) is 37.3 Å². The van der Waals surface area contributed by atoms with Gasteiger partial charge in [-0.1, -0.05) is 73.8 Å². The number of amides is 4. The van der Waals surface area contributed by atoms with Gasteiger partial charge in [0.25, 0.3) is 0 Å². The van der Waals surface area contributed by atoms with Gasteiger partial charge in [0.15, 0.2) is 5.78 Å². The van der Waals surface area contributed by atoms with E-state index in [1.807, 2.05) is 30.3 Å². The summed E-state index contributed by atoms with van der Waals surface area (Å²) in [6, 6.07) is 14.6. The molecule has 1 aliphatic carbocycles. The predicted molar refractivity (Wildman–Crippen MR) is 147 cm³/mol. The first-order valence-corrected chi connectivity index (χ1v) is 13.6. The SMILES string of the molecule is C[C@@H]1C(=O)NC(=O)[C@H]1C(=O)[C@@H](NC(=O)C[C@H](NC(=O)/C=C/c1ccc(Cl)cc1)c1ccccc1)C1CCCC1. The van der Waals surface area contributed by atoms with Crippen molar-refractivity contribution in [2.24, 2.45) is 17.8 Å². The Morgan fingerprint density at radius 3 is 2.26 bits per heavy atom. The summed E-state index contributed by atoms with van der Waals surface area (Å²) >= 11 is 5.92. The minimum absolute atomic E-state index is 0.105. The molecule has 1 saturated heterocycles. The highest BCUT2D eigenvalue weighted by atomic mass is 35.5. The molecule has 3 N–H and O–H groups in total. The van der Waals surface area contributed by atoms with Crippen LogP contribution < -0.4 is 16.0 Å². The first-order chi connectivity index (χ1) is 18.7. The second-order valence-electron chi connectivity index (χ2n) is 10.2. The Morgan fingerprint density at radius 1 is 0.974 bits per heavy atom. The van der Waals surface area contributed by atoms with E-state index in [0.717, 1.165) is 36.8 Å². The van der Waals surface area contributed by atoms with Crippen LogP contribution in [0.1, 0.15) is 56.2 Å². The Bertz CT molecular complexity index is 1260. The molecule has 4 atom stereocenters. The summed E-state index contributed by atoms with van der Waals surface area (Å²) in [4.78, 5) is 64.0. The Balaban J connectivity index is 1.48. The van der Waals surface area contributed by atoms with Gasteiger partial charge in [0.1, 0.15) is 5.92 Å². The zero-order valence-corrected chi connectivity index (χ0v) is 22.4. The average molecular weight is 550 g/mol. The van der Waals surface area contributed by atoms with Crippen molar-refractivity contribution in [1.82, 2.24) is 16.0 Å². The summed E-state index contributed by atoms with van der Waals surface area (Å²) < 4.78 is 0. The maximum absolute atomic E-state index is 13.5. The second kappa shape index (κ2) is 12.8. The van der Waals surface area contributed by atoms with Crippen LogP contribution in [0.3, 0.4) is 0 Å². The zero-order valence-electron chi connectivity index (χ0n) is 21.7. The third kappa shape index (κ3) is 7.20. The molecule has 0 aromatic heterocycles. The highest BCUT2D eigenvalue weighted by molar-refractivity contribution is 6.30. The van der Waals surface area contributed by atoms with E-state index in [2.05, 4.69) is 16.0 Å². The van der Waals surface area contributed by atoms with E-state index >= 15 is 0 Å². The molecule has 204 valence electrons. The molecule has 1 heterocycles. The number of Topliss-reactive ketones (excluding diaryl/α,β-unsaturated/α-hetero) is 1. The van der Waals surface area contributed by atoms with Crippen molar-refractivity contribution >= 4 is 47.1 Å². The van der Waals surface area contributed by atoms with Gasteiger partial charge in [0, 0.05) is 11.1 Å². The summed E-state index contributed by atoms with van der Waals surface area (Å²) in [5, 5.41) is 8.57. The van der Waals surface area contributed by atoms with Crippen LogP contribution in [0, 0.1) is 17.8 Å². The molecule has 2 fully saturated rings. The van der Waals surface area contributed by atoms with Crippen molar-refractivity contribution in [3.05, 3.63) is 76.8 Å². The number of ketones is 1. The standard InChI is InChI=1S/C30H32ClN3O5/c1-18-26(30(39)34-29(18)38)28(37)27(21-9-5-6-10-21)33-25(36)17-23(20-7-3-2-4-8-20)32-24(35)16-13-19-11-14-22(31)15-12-19/h2-4,7-8,11-16,18,21,23,26-27H,5-6,9-10,17H2,1H3,(H,32,35)(H,33,36)(H,34,38,39)/b16-13+/t18-,23-,26+,27-/m0/s1. The third-order valence-corrected chi connectivity index (χ3v) is 7.70. The number of hydrogen-bond donors (Lipinski definition) is 3. The van der Waals surface area contributed by atoms with Gasteiger partial charge < -0.3 is 10.6 Å². The number of halogens is 1. The largest absolute Gasteiger partial charge is 0.346 e. The number of carbonyl (C=O) groups is 5. The third-order valence-electron chi connectivity index (χ3n) is 7.45. The Labute approximate surface area is 232 Å². The molecule has 39 heavy (non-hydrogen) atoms. The fraction of sp³-hybridized carbons (Fsp3) is 0.367. The summed E-state index contributed by atoms with van der Waals surface area (Å²) in [6.07, 6.45) is 6.29. The number of rotatable bonds is 10. The van der Waals surface area contributed by atoms with Crippen molar-refractivity contribution in [3.63, 3.8) is 0 Å². The van der Waals surface area contributed by atoms with Crippen molar-refractivity contribution in [2.45, 2.75) is 51.1 Å². The molecule has 2 aliphatic rings. The molecule has 2 aromatic rings. The first kappa shape index (κ1) is 28.2. The summed E-state index contributed by atoms with van der Waals surface area (Å²) in [7, 11) is 0. The summed E-state index contributed by atoms with van der Waals surface area (Å²) in [5.41, 5.74) is 1.53. The van der Waals surface area contributed by atoms with E-state index in [-0.39, 0.29) is 18.2 Å². The van der Waals surface area contributed by atoms with E-state index in [1.165, 1.54) is 6.08 Å². The quantitative estimate of drug-likeness (QED) is 0.237. The normalized spacial score (nSPS) is 21.0. The molecular formula is C30H32ClN3O5. The number of imide groups is 1. The van der Waals surface area contributed by atoms with Crippen LogP contribution in [0.5, 0.6) is 0 Å². The topological polar surface area (TPSA) is 121 Å². The van der Waals surface area contributed by atoms with Crippen LogP contribution in [0.15, 0.2) is 60.7 Å². The molecule has 4 rings (SSSR count). The van der Waals surface area contributed by atoms with Crippen molar-refractivity contribution < 1.29 is 24.0 Å². The Kier molecular flexibility index (Phi) is 9.30. The minimum atomic E-state index is -1.12. The van der Waals surface area contributed by atoms with Gasteiger partial charge in [0.05, 0.1) is 24.4 Å². The zero-order chi connectivity index (χ0) is 27.9. The van der Waals surface area contributed by atoms with Crippen molar-refractivity contribution in [1.29, 1.82) is 0 Å². The molecule has 1 aliphatic heterocycles.